The Labute approximate surface area is 223 Å². The molecule has 0 unspecified atom stereocenters. The maximum atomic E-state index is 13.9. The summed E-state index contributed by atoms with van der Waals surface area (Å²) in [5, 5.41) is 0. The van der Waals surface area contributed by atoms with Gasteiger partial charge in [-0.3, -0.25) is 9.36 Å². The minimum absolute atomic E-state index is 0.194. The number of carbonyl (C=O) groups is 1. The lowest BCUT2D eigenvalue weighted by atomic mass is 9.93. The van der Waals surface area contributed by atoms with Gasteiger partial charge in [0.25, 0.3) is 5.56 Å². The van der Waals surface area contributed by atoms with E-state index in [1.54, 1.807) is 25.7 Å². The van der Waals surface area contributed by atoms with E-state index in [9.17, 15) is 9.59 Å². The summed E-state index contributed by atoms with van der Waals surface area (Å²) in [5.41, 5.74) is 2.88. The number of hydrogen-bond donors (Lipinski definition) is 0. The lowest BCUT2D eigenvalue weighted by molar-refractivity contribution is -0.138. The number of ether oxygens (including phenoxy) is 3. The molecule has 7 nitrogen and oxygen atoms in total. The molecule has 0 saturated carbocycles. The van der Waals surface area contributed by atoms with E-state index in [-0.39, 0.29) is 12.2 Å². The molecule has 38 heavy (non-hydrogen) atoms. The maximum absolute atomic E-state index is 13.9. The number of fused-ring (bicyclic) bond motifs is 1. The first-order valence-corrected chi connectivity index (χ1v) is 12.9. The van der Waals surface area contributed by atoms with Crippen molar-refractivity contribution in [3.63, 3.8) is 0 Å². The maximum Gasteiger partial charge on any atom is 0.338 e. The topological polar surface area (TPSA) is 79.1 Å². The molecule has 1 aliphatic rings. The predicted octanol–water partition coefficient (Wildman–Crippen LogP) is 3.95. The average Bonchev–Trinajstić information content (AvgIpc) is 3.27. The van der Waals surface area contributed by atoms with E-state index in [0.29, 0.717) is 32.1 Å². The van der Waals surface area contributed by atoms with Crippen molar-refractivity contribution in [3.8, 4) is 11.5 Å². The van der Waals surface area contributed by atoms with Crippen molar-refractivity contribution in [1.82, 2.24) is 4.57 Å². The van der Waals surface area contributed by atoms with Crippen LogP contribution in [0.25, 0.3) is 11.8 Å². The third-order valence-corrected chi connectivity index (χ3v) is 7.18. The van der Waals surface area contributed by atoms with E-state index in [1.807, 2.05) is 84.9 Å². The zero-order chi connectivity index (χ0) is 26.6. The first-order valence-electron chi connectivity index (χ1n) is 12.1. The highest BCUT2D eigenvalue weighted by Gasteiger charge is 2.35. The lowest BCUT2D eigenvalue weighted by Gasteiger charge is -2.26. The number of thiazole rings is 1. The zero-order valence-electron chi connectivity index (χ0n) is 21.2. The number of hydrogen-bond acceptors (Lipinski definition) is 7. The van der Waals surface area contributed by atoms with Gasteiger partial charge >= 0.3 is 5.97 Å². The van der Waals surface area contributed by atoms with Crippen LogP contribution < -0.4 is 24.4 Å². The molecule has 1 atom stereocenters. The summed E-state index contributed by atoms with van der Waals surface area (Å²) >= 11 is 1.28. The normalized spacial score (nSPS) is 15.0. The third-order valence-electron chi connectivity index (χ3n) is 6.20. The molecule has 4 aromatic rings. The van der Waals surface area contributed by atoms with Gasteiger partial charge in [0.15, 0.2) is 4.80 Å². The second kappa shape index (κ2) is 10.9. The highest BCUT2D eigenvalue weighted by atomic mass is 32.1. The Morgan fingerprint density at radius 1 is 0.974 bits per heavy atom. The van der Waals surface area contributed by atoms with Gasteiger partial charge < -0.3 is 14.2 Å². The van der Waals surface area contributed by atoms with Gasteiger partial charge in [0.05, 0.1) is 42.7 Å². The van der Waals surface area contributed by atoms with Crippen molar-refractivity contribution in [3.05, 3.63) is 121 Å². The summed E-state index contributed by atoms with van der Waals surface area (Å²) in [6.07, 6.45) is 1.81. The first-order chi connectivity index (χ1) is 18.5. The Bertz CT molecular complexity index is 1690. The van der Waals surface area contributed by atoms with Crippen LogP contribution in [-0.2, 0) is 9.53 Å². The molecule has 0 aliphatic carbocycles. The molecular weight excluding hydrogens is 500 g/mol. The van der Waals surface area contributed by atoms with Crippen LogP contribution in [0.1, 0.15) is 29.7 Å². The number of methoxy groups -OCH3 is 2. The molecular formula is C30H26N2O5S. The van der Waals surface area contributed by atoms with Gasteiger partial charge in [-0.25, -0.2) is 9.79 Å². The number of carbonyl (C=O) groups excluding carboxylic acids is 1. The Morgan fingerprint density at radius 3 is 2.39 bits per heavy atom. The Kier molecular flexibility index (Phi) is 7.24. The van der Waals surface area contributed by atoms with Crippen molar-refractivity contribution in [2.24, 2.45) is 4.99 Å². The first kappa shape index (κ1) is 25.2. The molecule has 0 bridgehead atoms. The summed E-state index contributed by atoms with van der Waals surface area (Å²) in [7, 11) is 3.19. The number of esters is 1. The summed E-state index contributed by atoms with van der Waals surface area (Å²) in [5.74, 6) is 0.848. The van der Waals surface area contributed by atoms with E-state index in [4.69, 9.17) is 19.2 Å². The highest BCUT2D eigenvalue weighted by Crippen LogP contribution is 2.35. The minimum Gasteiger partial charge on any atom is -0.497 e. The molecule has 0 saturated heterocycles. The van der Waals surface area contributed by atoms with Crippen LogP contribution in [0.3, 0.4) is 0 Å². The van der Waals surface area contributed by atoms with Gasteiger partial charge in [0, 0.05) is 5.56 Å². The lowest BCUT2D eigenvalue weighted by Crippen LogP contribution is -2.40. The molecule has 192 valence electrons. The zero-order valence-corrected chi connectivity index (χ0v) is 22.0. The highest BCUT2D eigenvalue weighted by molar-refractivity contribution is 7.07. The van der Waals surface area contributed by atoms with Crippen molar-refractivity contribution in [2.75, 3.05) is 20.8 Å². The standard InChI is InChI=1S/C30H26N2O5S/c1-4-37-29(34)25-26(20-10-6-5-7-11-20)31-30-32(27(25)21-13-15-22(35-2)16-14-21)28(33)24(38-30)18-19-9-8-12-23(17-19)36-3/h5-18,27H,4H2,1-3H3/b24-18+/t27-/m1/s1. The quantitative estimate of drug-likeness (QED) is 0.341. The fourth-order valence-corrected chi connectivity index (χ4v) is 5.43. The molecule has 0 amide bonds. The van der Waals surface area contributed by atoms with Crippen LogP contribution >= 0.6 is 11.3 Å². The molecule has 8 heteroatoms. The number of benzene rings is 3. The second-order valence-corrected chi connectivity index (χ2v) is 9.49. The Morgan fingerprint density at radius 2 is 1.71 bits per heavy atom. The summed E-state index contributed by atoms with van der Waals surface area (Å²) in [4.78, 5) is 32.7. The van der Waals surface area contributed by atoms with Crippen LogP contribution in [0.5, 0.6) is 11.5 Å². The SMILES string of the molecule is CCOC(=O)C1=C(c2ccccc2)N=c2s/c(=C/c3cccc(OC)c3)c(=O)n2[C@@H]1c1ccc(OC)cc1. The number of nitrogens with zero attached hydrogens (tertiary/aromatic N) is 2. The largest absolute Gasteiger partial charge is 0.497 e. The third kappa shape index (κ3) is 4.78. The molecule has 1 aromatic heterocycles. The van der Waals surface area contributed by atoms with Gasteiger partial charge in [-0.15, -0.1) is 0 Å². The molecule has 3 aromatic carbocycles. The van der Waals surface area contributed by atoms with Gasteiger partial charge in [-0.05, 0) is 48.4 Å². The van der Waals surface area contributed by atoms with E-state index in [2.05, 4.69) is 0 Å². The van der Waals surface area contributed by atoms with Crippen molar-refractivity contribution in [2.45, 2.75) is 13.0 Å². The van der Waals surface area contributed by atoms with E-state index < -0.39 is 12.0 Å². The number of rotatable bonds is 7. The van der Waals surface area contributed by atoms with Crippen molar-refractivity contribution >= 4 is 29.1 Å². The van der Waals surface area contributed by atoms with Gasteiger partial charge in [0.2, 0.25) is 0 Å². The van der Waals surface area contributed by atoms with Crippen molar-refractivity contribution < 1.29 is 19.0 Å². The van der Waals surface area contributed by atoms with E-state index in [1.165, 1.54) is 11.3 Å². The molecule has 0 spiro atoms. The summed E-state index contributed by atoms with van der Waals surface area (Å²) < 4.78 is 18.2. The molecule has 1 aliphatic heterocycles. The van der Waals surface area contributed by atoms with Gasteiger partial charge in [0.1, 0.15) is 11.5 Å². The predicted molar refractivity (Wildman–Crippen MR) is 147 cm³/mol. The summed E-state index contributed by atoms with van der Waals surface area (Å²) in [6.45, 7) is 1.95. The fourth-order valence-electron chi connectivity index (χ4n) is 4.42. The minimum atomic E-state index is -0.737. The van der Waals surface area contributed by atoms with Crippen LogP contribution in [0.4, 0.5) is 0 Å². The van der Waals surface area contributed by atoms with E-state index in [0.717, 1.165) is 16.7 Å². The fraction of sp³-hybridized carbons (Fsp3) is 0.167. The Hall–Kier alpha value is -4.43. The summed E-state index contributed by atoms with van der Waals surface area (Å²) in [6, 6.07) is 23.6. The van der Waals surface area contributed by atoms with Crippen LogP contribution in [0.2, 0.25) is 0 Å². The number of aromatic nitrogens is 1. The monoisotopic (exact) mass is 526 g/mol. The Balaban J connectivity index is 1.81. The molecule has 2 heterocycles. The molecule has 0 N–H and O–H groups in total. The van der Waals surface area contributed by atoms with Gasteiger partial charge in [-0.1, -0.05) is 65.9 Å². The molecule has 0 radical (unpaired) electrons. The second-order valence-electron chi connectivity index (χ2n) is 8.48. The molecule has 0 fully saturated rings. The van der Waals surface area contributed by atoms with Crippen LogP contribution in [0.15, 0.2) is 94.2 Å². The van der Waals surface area contributed by atoms with Gasteiger partial charge in [-0.2, -0.15) is 0 Å². The average molecular weight is 527 g/mol. The smallest absolute Gasteiger partial charge is 0.338 e. The van der Waals surface area contributed by atoms with E-state index >= 15 is 0 Å². The molecule has 5 rings (SSSR count). The van der Waals surface area contributed by atoms with Crippen LogP contribution in [-0.4, -0.2) is 31.4 Å². The van der Waals surface area contributed by atoms with Crippen LogP contribution in [0, 0.1) is 0 Å². The van der Waals surface area contributed by atoms with Crippen molar-refractivity contribution in [1.29, 1.82) is 0 Å².